The van der Waals surface area contributed by atoms with Gasteiger partial charge in [-0.05, 0) is 24.2 Å². The van der Waals surface area contributed by atoms with Crippen molar-refractivity contribution in [1.82, 2.24) is 10.2 Å². The van der Waals surface area contributed by atoms with E-state index in [4.69, 9.17) is 0 Å². The quantitative estimate of drug-likeness (QED) is 0.925. The Morgan fingerprint density at radius 2 is 2.15 bits per heavy atom. The van der Waals surface area contributed by atoms with Crippen molar-refractivity contribution in [2.75, 3.05) is 11.5 Å². The topological polar surface area (TPSA) is 32.3 Å². The van der Waals surface area contributed by atoms with Crippen LogP contribution >= 0.6 is 11.8 Å². The zero-order valence-electron chi connectivity index (χ0n) is 11.9. The molecule has 0 aliphatic carbocycles. The molecule has 1 aromatic carbocycles. The smallest absolute Gasteiger partial charge is 0.245 e. The predicted octanol–water partition coefficient (Wildman–Crippen LogP) is 2.79. The molecular weight excluding hydrogens is 268 g/mol. The highest BCUT2D eigenvalue weighted by atomic mass is 32.2. The Morgan fingerprint density at radius 1 is 1.35 bits per heavy atom. The first-order valence-corrected chi connectivity index (χ1v) is 8.67. The normalized spacial score (nSPS) is 30.1. The second-order valence-electron chi connectivity index (χ2n) is 5.58. The van der Waals surface area contributed by atoms with Crippen LogP contribution in [0.3, 0.4) is 0 Å². The van der Waals surface area contributed by atoms with Gasteiger partial charge in [0.25, 0.3) is 0 Å². The number of hydrogen-bond donors (Lipinski definition) is 1. The van der Waals surface area contributed by atoms with Gasteiger partial charge < -0.3 is 4.90 Å². The zero-order valence-corrected chi connectivity index (χ0v) is 12.7. The van der Waals surface area contributed by atoms with E-state index in [0.717, 1.165) is 30.6 Å². The highest BCUT2D eigenvalue weighted by Crippen LogP contribution is 2.32. The number of nitrogens with one attached hydrogen (secondary N) is 1. The van der Waals surface area contributed by atoms with E-state index in [1.165, 1.54) is 5.75 Å². The van der Waals surface area contributed by atoms with Crippen molar-refractivity contribution >= 4 is 17.7 Å². The number of carbonyl (C=O) groups excluding carboxylic acids is 1. The Labute approximate surface area is 125 Å². The van der Waals surface area contributed by atoms with Crippen molar-refractivity contribution in [2.24, 2.45) is 0 Å². The molecule has 1 aromatic rings. The molecule has 20 heavy (non-hydrogen) atoms. The lowest BCUT2D eigenvalue weighted by Crippen LogP contribution is -2.44. The molecule has 1 amide bonds. The third kappa shape index (κ3) is 2.59. The summed E-state index contributed by atoms with van der Waals surface area (Å²) in [6.07, 6.45) is 3.49. The molecule has 2 saturated heterocycles. The number of rotatable bonds is 4. The summed E-state index contributed by atoms with van der Waals surface area (Å²) in [5.74, 6) is 2.54. The molecular formula is C16H22N2OS. The lowest BCUT2D eigenvalue weighted by atomic mass is 10.1. The highest BCUT2D eigenvalue weighted by Gasteiger charge is 2.43. The van der Waals surface area contributed by atoms with Gasteiger partial charge in [-0.2, -0.15) is 11.8 Å². The second-order valence-corrected chi connectivity index (χ2v) is 6.73. The third-order valence-corrected chi connectivity index (χ3v) is 5.34. The van der Waals surface area contributed by atoms with E-state index in [-0.39, 0.29) is 18.1 Å². The van der Waals surface area contributed by atoms with E-state index >= 15 is 0 Å². The Morgan fingerprint density at radius 3 is 2.80 bits per heavy atom. The standard InChI is InChI=1S/C16H22N2OS/c1-2-6-14-17-15(12-7-4-3-5-8-12)16(19)18(14)13-9-10-20-11-13/h3-5,7-8,13-15,17H,2,6,9-11H2,1H3. The van der Waals surface area contributed by atoms with Crippen molar-refractivity contribution in [2.45, 2.75) is 44.4 Å². The van der Waals surface area contributed by atoms with Gasteiger partial charge in [-0.1, -0.05) is 43.7 Å². The number of carbonyl (C=O) groups is 1. The molecule has 3 unspecified atom stereocenters. The molecule has 0 radical (unpaired) electrons. The molecule has 3 nitrogen and oxygen atoms in total. The zero-order chi connectivity index (χ0) is 13.9. The molecule has 2 aliphatic heterocycles. The number of amides is 1. The maximum Gasteiger partial charge on any atom is 0.245 e. The van der Waals surface area contributed by atoms with Crippen LogP contribution in [0.5, 0.6) is 0 Å². The van der Waals surface area contributed by atoms with Gasteiger partial charge in [0.05, 0.1) is 6.17 Å². The largest absolute Gasteiger partial charge is 0.322 e. The molecule has 0 bridgehead atoms. The molecule has 0 aromatic heterocycles. The minimum absolute atomic E-state index is 0.154. The molecule has 0 saturated carbocycles. The third-order valence-electron chi connectivity index (χ3n) is 4.19. The van der Waals surface area contributed by atoms with Crippen LogP contribution in [0.1, 0.15) is 37.8 Å². The summed E-state index contributed by atoms with van der Waals surface area (Å²) in [4.78, 5) is 15.0. The van der Waals surface area contributed by atoms with Gasteiger partial charge >= 0.3 is 0 Å². The molecule has 1 N–H and O–H groups in total. The fourth-order valence-electron chi connectivity index (χ4n) is 3.20. The van der Waals surface area contributed by atoms with Crippen LogP contribution in [-0.4, -0.2) is 34.5 Å². The summed E-state index contributed by atoms with van der Waals surface area (Å²) >= 11 is 1.97. The van der Waals surface area contributed by atoms with Crippen LogP contribution in [0, 0.1) is 0 Å². The molecule has 4 heteroatoms. The van der Waals surface area contributed by atoms with E-state index in [1.54, 1.807) is 0 Å². The van der Waals surface area contributed by atoms with Crippen molar-refractivity contribution in [3.63, 3.8) is 0 Å². The van der Waals surface area contributed by atoms with Crippen molar-refractivity contribution in [1.29, 1.82) is 0 Å². The minimum atomic E-state index is -0.154. The number of nitrogens with zero attached hydrogens (tertiary/aromatic N) is 1. The average molecular weight is 290 g/mol. The number of hydrogen-bond acceptors (Lipinski definition) is 3. The summed E-state index contributed by atoms with van der Waals surface area (Å²) in [5.41, 5.74) is 1.09. The van der Waals surface area contributed by atoms with Crippen LogP contribution < -0.4 is 5.32 Å². The summed E-state index contributed by atoms with van der Waals surface area (Å²) in [7, 11) is 0. The van der Waals surface area contributed by atoms with Gasteiger partial charge in [-0.25, -0.2) is 0 Å². The first-order chi connectivity index (χ1) is 9.81. The second kappa shape index (κ2) is 6.19. The van der Waals surface area contributed by atoms with Gasteiger partial charge in [0.15, 0.2) is 0 Å². The Bertz CT molecular complexity index is 459. The van der Waals surface area contributed by atoms with E-state index in [1.807, 2.05) is 42.1 Å². The Hall–Kier alpha value is -1.00. The number of benzene rings is 1. The molecule has 0 spiro atoms. The van der Waals surface area contributed by atoms with E-state index in [9.17, 15) is 4.79 Å². The van der Waals surface area contributed by atoms with Crippen LogP contribution in [0.15, 0.2) is 30.3 Å². The summed E-state index contributed by atoms with van der Waals surface area (Å²) in [5, 5.41) is 3.55. The molecule has 2 aliphatic rings. The van der Waals surface area contributed by atoms with Crippen LogP contribution in [0.2, 0.25) is 0 Å². The lowest BCUT2D eigenvalue weighted by Gasteiger charge is -2.29. The lowest BCUT2D eigenvalue weighted by molar-refractivity contribution is -0.132. The van der Waals surface area contributed by atoms with Crippen LogP contribution in [-0.2, 0) is 4.79 Å². The summed E-state index contributed by atoms with van der Waals surface area (Å²) in [6.45, 7) is 2.18. The number of thioether (sulfide) groups is 1. The minimum Gasteiger partial charge on any atom is -0.322 e. The maximum absolute atomic E-state index is 12.8. The molecule has 2 fully saturated rings. The van der Waals surface area contributed by atoms with Crippen molar-refractivity contribution in [3.05, 3.63) is 35.9 Å². The first kappa shape index (κ1) is 14.0. The van der Waals surface area contributed by atoms with Gasteiger partial charge in [0.2, 0.25) is 5.91 Å². The molecule has 108 valence electrons. The Kier molecular flexibility index (Phi) is 4.32. The van der Waals surface area contributed by atoms with E-state index in [2.05, 4.69) is 17.1 Å². The highest BCUT2D eigenvalue weighted by molar-refractivity contribution is 7.99. The van der Waals surface area contributed by atoms with Gasteiger partial charge in [-0.3, -0.25) is 10.1 Å². The fourth-order valence-corrected chi connectivity index (χ4v) is 4.41. The van der Waals surface area contributed by atoms with Crippen molar-refractivity contribution < 1.29 is 4.79 Å². The average Bonchev–Trinajstić information content (AvgIpc) is 3.08. The maximum atomic E-state index is 12.8. The molecule has 3 atom stereocenters. The Balaban J connectivity index is 1.83. The summed E-state index contributed by atoms with van der Waals surface area (Å²) in [6, 6.07) is 10.4. The monoisotopic (exact) mass is 290 g/mol. The van der Waals surface area contributed by atoms with Gasteiger partial charge in [0, 0.05) is 11.8 Å². The van der Waals surface area contributed by atoms with E-state index in [0.29, 0.717) is 6.04 Å². The van der Waals surface area contributed by atoms with Crippen LogP contribution in [0.25, 0.3) is 0 Å². The van der Waals surface area contributed by atoms with Gasteiger partial charge in [-0.15, -0.1) is 0 Å². The summed E-state index contributed by atoms with van der Waals surface area (Å²) < 4.78 is 0. The van der Waals surface area contributed by atoms with Crippen molar-refractivity contribution in [3.8, 4) is 0 Å². The molecule has 2 heterocycles. The van der Waals surface area contributed by atoms with Crippen LogP contribution in [0.4, 0.5) is 0 Å². The van der Waals surface area contributed by atoms with E-state index < -0.39 is 0 Å². The first-order valence-electron chi connectivity index (χ1n) is 7.52. The SMILES string of the molecule is CCCC1NC(c2ccccc2)C(=O)N1C1CCSC1. The van der Waals surface area contributed by atoms with Gasteiger partial charge in [0.1, 0.15) is 6.04 Å². The molecule has 3 rings (SSSR count). The fraction of sp³-hybridized carbons (Fsp3) is 0.562. The predicted molar refractivity (Wildman–Crippen MR) is 83.6 cm³/mol.